The maximum atomic E-state index is 13.2. The van der Waals surface area contributed by atoms with Crippen LogP contribution in [0.4, 0.5) is 10.1 Å². The van der Waals surface area contributed by atoms with Crippen LogP contribution in [0.2, 0.25) is 0 Å². The van der Waals surface area contributed by atoms with E-state index >= 15 is 0 Å². The van der Waals surface area contributed by atoms with Crippen LogP contribution in [0.25, 0.3) is 0 Å². The summed E-state index contributed by atoms with van der Waals surface area (Å²) in [6.07, 6.45) is -0.217. The Balaban J connectivity index is 1.59. The van der Waals surface area contributed by atoms with Crippen molar-refractivity contribution < 1.29 is 28.2 Å². The van der Waals surface area contributed by atoms with Gasteiger partial charge in [-0.05, 0) is 53.6 Å². The van der Waals surface area contributed by atoms with E-state index in [-0.39, 0.29) is 11.4 Å². The molecule has 1 heterocycles. The number of anilines is 1. The second-order valence-corrected chi connectivity index (χ2v) is 7.01. The van der Waals surface area contributed by atoms with E-state index in [1.807, 2.05) is 0 Å². The smallest absolute Gasteiger partial charge is 0.339 e. The van der Waals surface area contributed by atoms with E-state index in [9.17, 15) is 18.8 Å². The van der Waals surface area contributed by atoms with Crippen LogP contribution < -0.4 is 5.32 Å². The lowest BCUT2D eigenvalue weighted by Gasteiger charge is -2.25. The molecule has 0 spiro atoms. The van der Waals surface area contributed by atoms with E-state index < -0.39 is 23.9 Å². The van der Waals surface area contributed by atoms with Gasteiger partial charge in [-0.15, -0.1) is 0 Å². The lowest BCUT2D eigenvalue weighted by molar-refractivity contribution is 0.0252. The van der Waals surface area contributed by atoms with Gasteiger partial charge in [-0.25, -0.2) is 14.0 Å². The van der Waals surface area contributed by atoms with Gasteiger partial charge in [-0.3, -0.25) is 4.79 Å². The molecule has 1 aliphatic heterocycles. The SMILES string of the molecule is COC(=O)c1ccccc1NC(=O)c1ccc2c(c1)C[C@H](c1ccc(F)cc1)OC2=O. The van der Waals surface area contributed by atoms with Crippen LogP contribution in [0.5, 0.6) is 0 Å². The van der Waals surface area contributed by atoms with E-state index in [1.165, 1.54) is 25.3 Å². The van der Waals surface area contributed by atoms with Gasteiger partial charge >= 0.3 is 11.9 Å². The van der Waals surface area contributed by atoms with E-state index in [2.05, 4.69) is 5.32 Å². The summed E-state index contributed by atoms with van der Waals surface area (Å²) in [5, 5.41) is 2.71. The molecule has 1 amide bonds. The van der Waals surface area contributed by atoms with Crippen molar-refractivity contribution in [3.63, 3.8) is 0 Å². The molecular weight excluding hydrogens is 401 g/mol. The minimum Gasteiger partial charge on any atom is -0.465 e. The number of carbonyl (C=O) groups excluding carboxylic acids is 3. The number of nitrogens with one attached hydrogen (secondary N) is 1. The first kappa shape index (κ1) is 20.3. The number of ether oxygens (including phenoxy) is 2. The average Bonchev–Trinajstić information content (AvgIpc) is 2.79. The van der Waals surface area contributed by atoms with E-state index in [0.29, 0.717) is 34.4 Å². The molecule has 0 bridgehead atoms. The van der Waals surface area contributed by atoms with E-state index in [1.54, 1.807) is 48.5 Å². The molecule has 7 heteroatoms. The van der Waals surface area contributed by atoms with Gasteiger partial charge in [0.2, 0.25) is 0 Å². The molecule has 1 atom stereocenters. The molecule has 6 nitrogen and oxygen atoms in total. The first-order valence-corrected chi connectivity index (χ1v) is 9.54. The quantitative estimate of drug-likeness (QED) is 0.637. The highest BCUT2D eigenvalue weighted by Crippen LogP contribution is 2.31. The third-order valence-corrected chi connectivity index (χ3v) is 5.06. The van der Waals surface area contributed by atoms with Crippen LogP contribution in [0.15, 0.2) is 66.7 Å². The van der Waals surface area contributed by atoms with Crippen LogP contribution >= 0.6 is 0 Å². The van der Waals surface area contributed by atoms with Crippen molar-refractivity contribution in [2.75, 3.05) is 12.4 Å². The molecule has 0 aromatic heterocycles. The fourth-order valence-electron chi connectivity index (χ4n) is 3.47. The zero-order valence-electron chi connectivity index (χ0n) is 16.6. The Morgan fingerprint density at radius 1 is 1.06 bits per heavy atom. The van der Waals surface area contributed by atoms with Gasteiger partial charge in [0, 0.05) is 12.0 Å². The number of hydrogen-bond donors (Lipinski definition) is 1. The highest BCUT2D eigenvalue weighted by molar-refractivity contribution is 6.08. The Morgan fingerprint density at radius 2 is 1.81 bits per heavy atom. The number of fused-ring (bicyclic) bond motifs is 1. The standard InChI is InChI=1S/C24H18FNO5/c1-30-23(28)19-4-2-3-5-20(19)26-22(27)15-8-11-18-16(12-15)13-21(31-24(18)29)14-6-9-17(25)10-7-14/h2-12,21H,13H2,1H3,(H,26,27)/t21-/m1/s1. The van der Waals surface area contributed by atoms with Crippen molar-refractivity contribution in [2.45, 2.75) is 12.5 Å². The second-order valence-electron chi connectivity index (χ2n) is 7.01. The Bertz CT molecular complexity index is 1170. The Kier molecular flexibility index (Phi) is 5.49. The van der Waals surface area contributed by atoms with Gasteiger partial charge in [-0.2, -0.15) is 0 Å². The zero-order chi connectivity index (χ0) is 22.0. The number of cyclic esters (lactones) is 1. The van der Waals surface area contributed by atoms with Crippen molar-refractivity contribution in [3.05, 3.63) is 100 Å². The van der Waals surface area contributed by atoms with Crippen LogP contribution in [-0.2, 0) is 15.9 Å². The molecule has 0 fully saturated rings. The van der Waals surface area contributed by atoms with Crippen molar-refractivity contribution >= 4 is 23.5 Å². The van der Waals surface area contributed by atoms with Crippen LogP contribution in [0.3, 0.4) is 0 Å². The van der Waals surface area contributed by atoms with Gasteiger partial charge in [-0.1, -0.05) is 24.3 Å². The number of para-hydroxylation sites is 1. The lowest BCUT2D eigenvalue weighted by atomic mass is 9.93. The first-order chi connectivity index (χ1) is 15.0. The van der Waals surface area contributed by atoms with Crippen molar-refractivity contribution in [2.24, 2.45) is 0 Å². The highest BCUT2D eigenvalue weighted by atomic mass is 19.1. The monoisotopic (exact) mass is 419 g/mol. The fraction of sp³-hybridized carbons (Fsp3) is 0.125. The van der Waals surface area contributed by atoms with Gasteiger partial charge in [0.15, 0.2) is 0 Å². The summed E-state index contributed by atoms with van der Waals surface area (Å²) < 4.78 is 23.4. The molecule has 0 saturated carbocycles. The molecule has 1 aliphatic rings. The Labute approximate surface area is 177 Å². The van der Waals surface area contributed by atoms with Crippen LogP contribution in [-0.4, -0.2) is 25.0 Å². The van der Waals surface area contributed by atoms with Crippen molar-refractivity contribution in [3.8, 4) is 0 Å². The molecular formula is C24H18FNO5. The maximum Gasteiger partial charge on any atom is 0.339 e. The minimum atomic E-state index is -0.570. The summed E-state index contributed by atoms with van der Waals surface area (Å²) in [4.78, 5) is 37.1. The summed E-state index contributed by atoms with van der Waals surface area (Å²) in [7, 11) is 1.26. The third-order valence-electron chi connectivity index (χ3n) is 5.06. The first-order valence-electron chi connectivity index (χ1n) is 9.54. The number of methoxy groups -OCH3 is 1. The summed E-state index contributed by atoms with van der Waals surface area (Å²) in [5.74, 6) is -1.88. The normalized spacial score (nSPS) is 14.9. The number of benzene rings is 3. The summed E-state index contributed by atoms with van der Waals surface area (Å²) in [6, 6.07) is 17.0. The highest BCUT2D eigenvalue weighted by Gasteiger charge is 2.28. The number of rotatable bonds is 4. The molecule has 0 saturated heterocycles. The second kappa shape index (κ2) is 8.39. The van der Waals surface area contributed by atoms with E-state index in [0.717, 1.165) is 0 Å². The number of halogens is 1. The average molecular weight is 419 g/mol. The molecule has 0 aliphatic carbocycles. The fourth-order valence-corrected chi connectivity index (χ4v) is 3.47. The number of amides is 1. The molecule has 0 unspecified atom stereocenters. The van der Waals surface area contributed by atoms with Gasteiger partial charge in [0.1, 0.15) is 11.9 Å². The molecule has 156 valence electrons. The predicted molar refractivity (Wildman–Crippen MR) is 110 cm³/mol. The topological polar surface area (TPSA) is 81.7 Å². The summed E-state index contributed by atoms with van der Waals surface area (Å²) >= 11 is 0. The van der Waals surface area contributed by atoms with Crippen molar-refractivity contribution in [1.82, 2.24) is 0 Å². The van der Waals surface area contributed by atoms with Crippen LogP contribution in [0, 0.1) is 5.82 Å². The molecule has 31 heavy (non-hydrogen) atoms. The third kappa shape index (κ3) is 4.16. The largest absolute Gasteiger partial charge is 0.465 e. The molecule has 4 rings (SSSR count). The maximum absolute atomic E-state index is 13.2. The number of carbonyl (C=O) groups is 3. The number of esters is 2. The summed E-state index contributed by atoms with van der Waals surface area (Å²) in [6.45, 7) is 0. The van der Waals surface area contributed by atoms with Crippen molar-refractivity contribution in [1.29, 1.82) is 0 Å². The summed E-state index contributed by atoms with van der Waals surface area (Å²) in [5.41, 5.74) is 2.58. The molecule has 1 N–H and O–H groups in total. The van der Waals surface area contributed by atoms with Crippen LogP contribution in [0.1, 0.15) is 48.3 Å². The molecule has 3 aromatic rings. The lowest BCUT2D eigenvalue weighted by Crippen LogP contribution is -2.23. The van der Waals surface area contributed by atoms with Gasteiger partial charge in [0.05, 0.1) is 23.9 Å². The zero-order valence-corrected chi connectivity index (χ0v) is 16.6. The minimum absolute atomic E-state index is 0.233. The molecule has 0 radical (unpaired) electrons. The van der Waals surface area contributed by atoms with Gasteiger partial charge < -0.3 is 14.8 Å². The Hall–Kier alpha value is -4.00. The predicted octanol–water partition coefficient (Wildman–Crippen LogP) is 4.32. The molecule has 3 aromatic carbocycles. The number of hydrogen-bond acceptors (Lipinski definition) is 5. The Morgan fingerprint density at radius 3 is 2.55 bits per heavy atom. The van der Waals surface area contributed by atoms with Gasteiger partial charge in [0.25, 0.3) is 5.91 Å². The van der Waals surface area contributed by atoms with E-state index in [4.69, 9.17) is 9.47 Å².